The van der Waals surface area contributed by atoms with Crippen LogP contribution >= 0.6 is 0 Å². The number of pyridine rings is 1. The normalized spacial score (nSPS) is 23.4. The van der Waals surface area contributed by atoms with E-state index in [2.05, 4.69) is 15.3 Å². The summed E-state index contributed by atoms with van der Waals surface area (Å²) in [6, 6.07) is 3.40. The summed E-state index contributed by atoms with van der Waals surface area (Å²) in [5.41, 5.74) is 1.95. The van der Waals surface area contributed by atoms with Crippen LogP contribution in [0.15, 0.2) is 24.5 Å². The molecule has 2 aromatic rings. The fourth-order valence-corrected chi connectivity index (χ4v) is 2.27. The van der Waals surface area contributed by atoms with E-state index < -0.39 is 6.10 Å². The Balaban J connectivity index is 1.80. The van der Waals surface area contributed by atoms with Crippen LogP contribution in [-0.2, 0) is 4.74 Å². The van der Waals surface area contributed by atoms with E-state index in [4.69, 9.17) is 4.74 Å². The third-order valence-corrected chi connectivity index (χ3v) is 3.32. The van der Waals surface area contributed by atoms with Crippen molar-refractivity contribution in [2.75, 3.05) is 13.2 Å². The van der Waals surface area contributed by atoms with E-state index in [-0.39, 0.29) is 18.6 Å². The maximum Gasteiger partial charge on any atom is 0.255 e. The second kappa shape index (κ2) is 4.99. The van der Waals surface area contributed by atoms with Crippen molar-refractivity contribution in [1.29, 1.82) is 0 Å². The number of fused-ring (bicyclic) bond motifs is 1. The highest BCUT2D eigenvalue weighted by Crippen LogP contribution is 2.16. The van der Waals surface area contributed by atoms with E-state index in [1.807, 2.05) is 12.1 Å². The molecule has 6 heteroatoms. The van der Waals surface area contributed by atoms with Gasteiger partial charge in [-0.3, -0.25) is 9.78 Å². The monoisotopic (exact) mass is 261 g/mol. The van der Waals surface area contributed by atoms with Crippen LogP contribution in [0, 0.1) is 0 Å². The lowest BCUT2D eigenvalue weighted by Crippen LogP contribution is -2.48. The summed E-state index contributed by atoms with van der Waals surface area (Å²) in [5, 5.41) is 12.6. The van der Waals surface area contributed by atoms with Crippen molar-refractivity contribution in [3.63, 3.8) is 0 Å². The minimum absolute atomic E-state index is 0.226. The van der Waals surface area contributed by atoms with Gasteiger partial charge >= 0.3 is 0 Å². The van der Waals surface area contributed by atoms with Crippen LogP contribution in [0.1, 0.15) is 16.8 Å². The number of nitrogens with zero attached hydrogens (tertiary/aromatic N) is 1. The summed E-state index contributed by atoms with van der Waals surface area (Å²) in [7, 11) is 0. The first-order valence-corrected chi connectivity index (χ1v) is 6.24. The van der Waals surface area contributed by atoms with Crippen LogP contribution in [0.3, 0.4) is 0 Å². The number of aromatic nitrogens is 2. The minimum atomic E-state index is -0.657. The lowest BCUT2D eigenvalue weighted by molar-refractivity contribution is -0.0260. The van der Waals surface area contributed by atoms with Crippen LogP contribution in [0.2, 0.25) is 0 Å². The molecular weight excluding hydrogens is 246 g/mol. The summed E-state index contributed by atoms with van der Waals surface area (Å²) in [6.45, 7) is 0.811. The highest BCUT2D eigenvalue weighted by atomic mass is 16.5. The number of aromatic amines is 1. The fourth-order valence-electron chi connectivity index (χ4n) is 2.27. The van der Waals surface area contributed by atoms with Gasteiger partial charge in [0.25, 0.3) is 5.91 Å². The number of hydrogen-bond acceptors (Lipinski definition) is 4. The van der Waals surface area contributed by atoms with Crippen molar-refractivity contribution in [2.24, 2.45) is 0 Å². The number of rotatable bonds is 2. The Bertz CT molecular complexity index is 596. The second-order valence-electron chi connectivity index (χ2n) is 4.61. The van der Waals surface area contributed by atoms with E-state index in [9.17, 15) is 9.90 Å². The first-order chi connectivity index (χ1) is 9.25. The zero-order valence-electron chi connectivity index (χ0n) is 10.3. The Labute approximate surface area is 109 Å². The standard InChI is InChI=1S/C13H15N3O3/c17-11-7-19-5-3-9(11)16-13(18)8-6-15-10-2-1-4-14-12(8)10/h1-2,4,6,9,11,15,17H,3,5,7H2,(H,16,18). The molecule has 0 spiro atoms. The van der Waals surface area contributed by atoms with Crippen LogP contribution in [-0.4, -0.2) is 46.3 Å². The first kappa shape index (κ1) is 12.1. The molecule has 1 aliphatic heterocycles. The van der Waals surface area contributed by atoms with Gasteiger partial charge in [0.2, 0.25) is 0 Å². The molecule has 0 aliphatic carbocycles. The average molecular weight is 261 g/mol. The number of amides is 1. The van der Waals surface area contributed by atoms with E-state index in [1.165, 1.54) is 0 Å². The number of aliphatic hydroxyl groups is 1. The quantitative estimate of drug-likeness (QED) is 0.732. The van der Waals surface area contributed by atoms with Gasteiger partial charge in [0, 0.05) is 19.0 Å². The van der Waals surface area contributed by atoms with E-state index in [0.717, 1.165) is 5.52 Å². The largest absolute Gasteiger partial charge is 0.389 e. The molecule has 0 aromatic carbocycles. The zero-order valence-corrected chi connectivity index (χ0v) is 10.3. The Morgan fingerprint density at radius 3 is 3.32 bits per heavy atom. The Hall–Kier alpha value is -1.92. The van der Waals surface area contributed by atoms with E-state index >= 15 is 0 Å². The molecule has 1 aliphatic rings. The third-order valence-electron chi connectivity index (χ3n) is 3.32. The number of hydrogen-bond donors (Lipinski definition) is 3. The van der Waals surface area contributed by atoms with Crippen LogP contribution in [0.4, 0.5) is 0 Å². The Kier molecular flexibility index (Phi) is 3.18. The summed E-state index contributed by atoms with van der Waals surface area (Å²) >= 11 is 0. The van der Waals surface area contributed by atoms with Crippen LogP contribution in [0.5, 0.6) is 0 Å². The molecule has 2 aromatic heterocycles. The van der Waals surface area contributed by atoms with Gasteiger partial charge in [-0.05, 0) is 18.6 Å². The highest BCUT2D eigenvalue weighted by molar-refractivity contribution is 6.05. The lowest BCUT2D eigenvalue weighted by atomic mass is 10.1. The molecule has 1 saturated heterocycles. The smallest absolute Gasteiger partial charge is 0.255 e. The Morgan fingerprint density at radius 1 is 1.58 bits per heavy atom. The van der Waals surface area contributed by atoms with Gasteiger partial charge in [-0.15, -0.1) is 0 Å². The molecule has 0 saturated carbocycles. The zero-order chi connectivity index (χ0) is 13.2. The number of nitrogens with one attached hydrogen (secondary N) is 2. The molecule has 3 rings (SSSR count). The topological polar surface area (TPSA) is 87.2 Å². The third kappa shape index (κ3) is 2.32. The molecule has 3 N–H and O–H groups in total. The number of H-pyrrole nitrogens is 1. The molecule has 100 valence electrons. The summed E-state index contributed by atoms with van der Waals surface area (Å²) in [4.78, 5) is 19.4. The summed E-state index contributed by atoms with van der Waals surface area (Å²) in [5.74, 6) is -0.226. The Morgan fingerprint density at radius 2 is 2.47 bits per heavy atom. The van der Waals surface area contributed by atoms with Crippen molar-refractivity contribution in [2.45, 2.75) is 18.6 Å². The maximum atomic E-state index is 12.2. The van der Waals surface area contributed by atoms with Crippen LogP contribution in [0.25, 0.3) is 11.0 Å². The van der Waals surface area contributed by atoms with Gasteiger partial charge in [0.05, 0.1) is 29.8 Å². The van der Waals surface area contributed by atoms with Gasteiger partial charge < -0.3 is 20.1 Å². The van der Waals surface area contributed by atoms with Crippen molar-refractivity contribution in [1.82, 2.24) is 15.3 Å². The van der Waals surface area contributed by atoms with Crippen molar-refractivity contribution >= 4 is 16.9 Å². The average Bonchev–Trinajstić information content (AvgIpc) is 2.85. The number of aliphatic hydroxyl groups excluding tert-OH is 1. The second-order valence-corrected chi connectivity index (χ2v) is 4.61. The lowest BCUT2D eigenvalue weighted by Gasteiger charge is -2.28. The van der Waals surface area contributed by atoms with E-state index in [1.54, 1.807) is 12.4 Å². The molecular formula is C13H15N3O3. The molecule has 3 heterocycles. The molecule has 2 unspecified atom stereocenters. The summed E-state index contributed by atoms with van der Waals surface area (Å²) < 4.78 is 5.13. The summed E-state index contributed by atoms with van der Waals surface area (Å²) in [6.07, 6.45) is 3.24. The molecule has 1 amide bonds. The molecule has 0 radical (unpaired) electrons. The van der Waals surface area contributed by atoms with Gasteiger partial charge in [0.1, 0.15) is 5.52 Å². The fraction of sp³-hybridized carbons (Fsp3) is 0.385. The molecule has 2 atom stereocenters. The van der Waals surface area contributed by atoms with Crippen molar-refractivity contribution in [3.8, 4) is 0 Å². The van der Waals surface area contributed by atoms with Gasteiger partial charge in [-0.25, -0.2) is 0 Å². The molecule has 0 bridgehead atoms. The number of ether oxygens (including phenoxy) is 1. The van der Waals surface area contributed by atoms with Gasteiger partial charge in [-0.2, -0.15) is 0 Å². The molecule has 1 fully saturated rings. The minimum Gasteiger partial charge on any atom is -0.389 e. The van der Waals surface area contributed by atoms with E-state index in [0.29, 0.717) is 24.1 Å². The first-order valence-electron chi connectivity index (χ1n) is 6.24. The molecule has 6 nitrogen and oxygen atoms in total. The molecule has 19 heavy (non-hydrogen) atoms. The SMILES string of the molecule is O=C(NC1CCOCC1O)c1c[nH]c2cccnc12. The number of carbonyl (C=O) groups is 1. The highest BCUT2D eigenvalue weighted by Gasteiger charge is 2.26. The predicted octanol–water partition coefficient (Wildman–Crippen LogP) is 0.442. The maximum absolute atomic E-state index is 12.2. The van der Waals surface area contributed by atoms with Crippen molar-refractivity contribution in [3.05, 3.63) is 30.1 Å². The van der Waals surface area contributed by atoms with Gasteiger partial charge in [-0.1, -0.05) is 0 Å². The number of carbonyl (C=O) groups excluding carboxylic acids is 1. The van der Waals surface area contributed by atoms with Gasteiger partial charge in [0.15, 0.2) is 0 Å². The van der Waals surface area contributed by atoms with Crippen molar-refractivity contribution < 1.29 is 14.6 Å². The predicted molar refractivity (Wildman–Crippen MR) is 68.8 cm³/mol. The van der Waals surface area contributed by atoms with Crippen LogP contribution < -0.4 is 5.32 Å².